The Balaban J connectivity index is 2.47. The summed E-state index contributed by atoms with van der Waals surface area (Å²) < 4.78 is 10.8. The molecular weight excluding hydrogens is 292 g/mol. The molecular formula is C18H30N2O3. The van der Waals surface area contributed by atoms with Gasteiger partial charge in [-0.2, -0.15) is 0 Å². The monoisotopic (exact) mass is 322 g/mol. The largest absolute Gasteiger partial charge is 0.493 e. The first kappa shape index (κ1) is 19.3. The number of aryl methyl sites for hydroxylation is 1. The zero-order valence-electron chi connectivity index (χ0n) is 14.8. The highest BCUT2D eigenvalue weighted by atomic mass is 16.5. The molecule has 0 saturated carbocycles. The number of rotatable bonds is 10. The predicted octanol–water partition coefficient (Wildman–Crippen LogP) is 2.66. The molecule has 23 heavy (non-hydrogen) atoms. The van der Waals surface area contributed by atoms with Crippen LogP contribution < -0.4 is 20.5 Å². The van der Waals surface area contributed by atoms with Crippen LogP contribution in [0.5, 0.6) is 11.5 Å². The van der Waals surface area contributed by atoms with E-state index in [1.165, 1.54) is 0 Å². The highest BCUT2D eigenvalue weighted by molar-refractivity contribution is 5.85. The van der Waals surface area contributed by atoms with Crippen LogP contribution in [0.1, 0.15) is 45.6 Å². The van der Waals surface area contributed by atoms with Crippen molar-refractivity contribution in [1.29, 1.82) is 0 Å². The van der Waals surface area contributed by atoms with Crippen molar-refractivity contribution >= 4 is 5.91 Å². The maximum atomic E-state index is 12.0. The topological polar surface area (TPSA) is 73.6 Å². The second-order valence-corrected chi connectivity index (χ2v) is 5.95. The molecule has 0 bridgehead atoms. The second-order valence-electron chi connectivity index (χ2n) is 5.95. The van der Waals surface area contributed by atoms with E-state index in [2.05, 4.69) is 5.32 Å². The van der Waals surface area contributed by atoms with Crippen LogP contribution in [0.3, 0.4) is 0 Å². The van der Waals surface area contributed by atoms with E-state index < -0.39 is 5.54 Å². The Bertz CT molecular complexity index is 501. The van der Waals surface area contributed by atoms with Gasteiger partial charge in [-0.3, -0.25) is 4.79 Å². The quantitative estimate of drug-likeness (QED) is 0.650. The lowest BCUT2D eigenvalue weighted by molar-refractivity contribution is -0.126. The van der Waals surface area contributed by atoms with Gasteiger partial charge < -0.3 is 20.5 Å². The van der Waals surface area contributed by atoms with E-state index in [1.807, 2.05) is 32.0 Å². The van der Waals surface area contributed by atoms with Gasteiger partial charge in [0.05, 0.1) is 19.3 Å². The normalized spacial score (nSPS) is 13.3. The minimum Gasteiger partial charge on any atom is -0.493 e. The number of hydrogen-bond donors (Lipinski definition) is 2. The van der Waals surface area contributed by atoms with Gasteiger partial charge in [-0.1, -0.05) is 19.4 Å². The van der Waals surface area contributed by atoms with E-state index >= 15 is 0 Å². The maximum absolute atomic E-state index is 12.0. The maximum Gasteiger partial charge on any atom is 0.239 e. The Morgan fingerprint density at radius 3 is 2.65 bits per heavy atom. The molecule has 1 aromatic carbocycles. The molecule has 1 unspecified atom stereocenters. The molecule has 0 aliphatic rings. The van der Waals surface area contributed by atoms with Crippen molar-refractivity contribution in [3.8, 4) is 11.5 Å². The number of benzene rings is 1. The van der Waals surface area contributed by atoms with Crippen LogP contribution in [0.15, 0.2) is 18.2 Å². The molecule has 1 atom stereocenters. The van der Waals surface area contributed by atoms with Gasteiger partial charge in [0, 0.05) is 6.54 Å². The first-order chi connectivity index (χ1) is 10.9. The molecule has 0 saturated heterocycles. The third kappa shape index (κ3) is 6.10. The summed E-state index contributed by atoms with van der Waals surface area (Å²) in [5.41, 5.74) is 6.39. The van der Waals surface area contributed by atoms with Gasteiger partial charge in [-0.15, -0.1) is 0 Å². The van der Waals surface area contributed by atoms with Gasteiger partial charge in [-0.05, 0) is 50.8 Å². The van der Waals surface area contributed by atoms with Crippen molar-refractivity contribution < 1.29 is 14.3 Å². The van der Waals surface area contributed by atoms with E-state index in [9.17, 15) is 4.79 Å². The predicted molar refractivity (Wildman–Crippen MR) is 93.0 cm³/mol. The van der Waals surface area contributed by atoms with E-state index in [4.69, 9.17) is 15.2 Å². The highest BCUT2D eigenvalue weighted by Gasteiger charge is 2.26. The van der Waals surface area contributed by atoms with Gasteiger partial charge in [0.1, 0.15) is 0 Å². The average molecular weight is 322 g/mol. The number of amides is 1. The lowest BCUT2D eigenvalue weighted by atomic mass is 9.96. The molecule has 5 nitrogen and oxygen atoms in total. The fourth-order valence-electron chi connectivity index (χ4n) is 2.47. The lowest BCUT2D eigenvalue weighted by Crippen LogP contribution is -2.51. The summed E-state index contributed by atoms with van der Waals surface area (Å²) in [6.45, 7) is 6.97. The van der Waals surface area contributed by atoms with Crippen LogP contribution in [-0.4, -0.2) is 31.7 Å². The summed E-state index contributed by atoms with van der Waals surface area (Å²) in [5.74, 6) is 1.42. The number of methoxy groups -OCH3 is 1. The van der Waals surface area contributed by atoms with Crippen molar-refractivity contribution in [2.75, 3.05) is 20.3 Å². The molecule has 1 aromatic rings. The van der Waals surface area contributed by atoms with Gasteiger partial charge >= 0.3 is 0 Å². The van der Waals surface area contributed by atoms with Crippen molar-refractivity contribution in [2.45, 2.75) is 52.0 Å². The SMILES string of the molecule is CCCC(C)(N)C(=O)NCCCc1ccc(OC)c(OCC)c1. The Labute approximate surface area is 139 Å². The van der Waals surface area contributed by atoms with E-state index in [0.717, 1.165) is 36.3 Å². The zero-order chi connectivity index (χ0) is 17.3. The molecule has 3 N–H and O–H groups in total. The standard InChI is InChI=1S/C18H30N2O3/c1-5-11-18(3,19)17(21)20-12-7-8-14-9-10-15(22-4)16(13-14)23-6-2/h9-10,13H,5-8,11-12,19H2,1-4H3,(H,20,21). The first-order valence-corrected chi connectivity index (χ1v) is 8.31. The molecule has 0 aliphatic heterocycles. The number of ether oxygens (including phenoxy) is 2. The molecule has 0 aromatic heterocycles. The van der Waals surface area contributed by atoms with Crippen LogP contribution in [0.4, 0.5) is 0 Å². The number of nitrogens with two attached hydrogens (primary N) is 1. The molecule has 0 radical (unpaired) electrons. The van der Waals surface area contributed by atoms with Crippen LogP contribution >= 0.6 is 0 Å². The van der Waals surface area contributed by atoms with Crippen molar-refractivity contribution in [2.24, 2.45) is 5.73 Å². The molecule has 1 amide bonds. The summed E-state index contributed by atoms with van der Waals surface area (Å²) >= 11 is 0. The first-order valence-electron chi connectivity index (χ1n) is 8.31. The zero-order valence-corrected chi connectivity index (χ0v) is 14.8. The molecule has 5 heteroatoms. The highest BCUT2D eigenvalue weighted by Crippen LogP contribution is 2.28. The minimum atomic E-state index is -0.781. The minimum absolute atomic E-state index is 0.0795. The number of carbonyl (C=O) groups excluding carboxylic acids is 1. The smallest absolute Gasteiger partial charge is 0.239 e. The van der Waals surface area contributed by atoms with E-state index in [1.54, 1.807) is 14.0 Å². The van der Waals surface area contributed by atoms with Crippen LogP contribution in [0, 0.1) is 0 Å². The third-order valence-corrected chi connectivity index (χ3v) is 3.74. The second kappa shape index (κ2) is 9.40. The molecule has 0 aliphatic carbocycles. The summed E-state index contributed by atoms with van der Waals surface area (Å²) in [4.78, 5) is 12.0. The van der Waals surface area contributed by atoms with Crippen molar-refractivity contribution in [1.82, 2.24) is 5.32 Å². The van der Waals surface area contributed by atoms with Crippen molar-refractivity contribution in [3.63, 3.8) is 0 Å². The van der Waals surface area contributed by atoms with Gasteiger partial charge in [0.2, 0.25) is 5.91 Å². The van der Waals surface area contributed by atoms with Crippen molar-refractivity contribution in [3.05, 3.63) is 23.8 Å². The number of carbonyl (C=O) groups is 1. The Morgan fingerprint density at radius 2 is 2.04 bits per heavy atom. The van der Waals surface area contributed by atoms with Crippen LogP contribution in [0.25, 0.3) is 0 Å². The number of hydrogen-bond acceptors (Lipinski definition) is 4. The molecule has 130 valence electrons. The van der Waals surface area contributed by atoms with Crippen LogP contribution in [0.2, 0.25) is 0 Å². The van der Waals surface area contributed by atoms with Crippen LogP contribution in [-0.2, 0) is 11.2 Å². The summed E-state index contributed by atoms with van der Waals surface area (Å²) in [6, 6.07) is 5.93. The molecule has 0 spiro atoms. The van der Waals surface area contributed by atoms with Gasteiger partial charge in [0.15, 0.2) is 11.5 Å². The third-order valence-electron chi connectivity index (χ3n) is 3.74. The summed E-state index contributed by atoms with van der Waals surface area (Å²) in [5, 5.41) is 2.92. The summed E-state index contributed by atoms with van der Waals surface area (Å²) in [7, 11) is 1.63. The fraction of sp³-hybridized carbons (Fsp3) is 0.611. The Morgan fingerprint density at radius 1 is 1.30 bits per heavy atom. The number of nitrogens with one attached hydrogen (secondary N) is 1. The summed E-state index contributed by atoms with van der Waals surface area (Å²) in [6.07, 6.45) is 3.30. The Kier molecular flexibility index (Phi) is 7.89. The van der Waals surface area contributed by atoms with Gasteiger partial charge in [-0.25, -0.2) is 0 Å². The molecule has 1 rings (SSSR count). The average Bonchev–Trinajstić information content (AvgIpc) is 2.52. The molecule has 0 heterocycles. The Hall–Kier alpha value is -1.75. The van der Waals surface area contributed by atoms with E-state index in [-0.39, 0.29) is 5.91 Å². The van der Waals surface area contributed by atoms with E-state index in [0.29, 0.717) is 19.6 Å². The van der Waals surface area contributed by atoms with Gasteiger partial charge in [0.25, 0.3) is 0 Å². The molecule has 0 fully saturated rings. The fourth-order valence-corrected chi connectivity index (χ4v) is 2.47. The lowest BCUT2D eigenvalue weighted by Gasteiger charge is -2.22.